The summed E-state index contributed by atoms with van der Waals surface area (Å²) in [6.45, 7) is 1.15. The summed E-state index contributed by atoms with van der Waals surface area (Å²) in [5.41, 5.74) is 3.45. The number of benzene rings is 2. The zero-order valence-corrected chi connectivity index (χ0v) is 20.4. The Labute approximate surface area is 200 Å². The van der Waals surface area contributed by atoms with E-state index in [0.717, 1.165) is 27.0 Å². The molecule has 0 radical (unpaired) electrons. The number of fused-ring (bicyclic) bond motifs is 2. The molecule has 0 N–H and O–H groups in total. The average Bonchev–Trinajstić information content (AvgIpc) is 3.20. The predicted octanol–water partition coefficient (Wildman–Crippen LogP) is 4.44. The summed E-state index contributed by atoms with van der Waals surface area (Å²) in [6.07, 6.45) is 5.14. The lowest BCUT2D eigenvalue weighted by atomic mass is 9.69. The third-order valence-corrected chi connectivity index (χ3v) is 8.85. The molecule has 1 fully saturated rings. The normalized spacial score (nSPS) is 20.8. The SMILES string of the molecule is COCC12Cc3cnn(-c4ccc(F)cc4)c3C=C1CCN(S(=O)(=O)c1ccc(Br)cc1)C2. The van der Waals surface area contributed by atoms with Crippen molar-refractivity contribution in [3.63, 3.8) is 0 Å². The molecule has 1 unspecified atom stereocenters. The van der Waals surface area contributed by atoms with Gasteiger partial charge in [0, 0.05) is 30.1 Å². The van der Waals surface area contributed by atoms with E-state index in [-0.39, 0.29) is 10.7 Å². The number of aromatic nitrogens is 2. The molecule has 2 heterocycles. The van der Waals surface area contributed by atoms with Crippen LogP contribution in [0.15, 0.2) is 69.7 Å². The standard InChI is InChI=1S/C24H23BrFN3O3S/c1-32-16-24-13-17-14-27-29(21-6-4-20(26)5-7-21)23(17)12-18(24)10-11-28(15-24)33(30,31)22-8-2-19(25)3-9-22/h2-9,12,14H,10-11,13,15-16H2,1H3. The minimum Gasteiger partial charge on any atom is -0.384 e. The van der Waals surface area contributed by atoms with E-state index in [0.29, 0.717) is 32.5 Å². The molecule has 0 spiro atoms. The maximum absolute atomic E-state index is 13.4. The molecule has 6 nitrogen and oxygen atoms in total. The van der Waals surface area contributed by atoms with Gasteiger partial charge in [0.2, 0.25) is 10.0 Å². The zero-order valence-electron chi connectivity index (χ0n) is 18.0. The second kappa shape index (κ2) is 8.47. The fraction of sp³-hybridized carbons (Fsp3) is 0.292. The van der Waals surface area contributed by atoms with Crippen LogP contribution in [0.2, 0.25) is 0 Å². The first-order valence-corrected chi connectivity index (χ1v) is 12.8. The first-order chi connectivity index (χ1) is 15.8. The number of hydrogen-bond donors (Lipinski definition) is 0. The molecule has 9 heteroatoms. The van der Waals surface area contributed by atoms with Crippen LogP contribution in [0.3, 0.4) is 0 Å². The van der Waals surface area contributed by atoms with Gasteiger partial charge in [0.05, 0.1) is 29.1 Å². The van der Waals surface area contributed by atoms with Crippen LogP contribution >= 0.6 is 15.9 Å². The molecule has 1 atom stereocenters. The summed E-state index contributed by atoms with van der Waals surface area (Å²) in [7, 11) is -1.99. The number of sulfonamides is 1. The smallest absolute Gasteiger partial charge is 0.243 e. The van der Waals surface area contributed by atoms with Crippen LogP contribution in [-0.2, 0) is 21.2 Å². The van der Waals surface area contributed by atoms with Gasteiger partial charge in [-0.2, -0.15) is 9.40 Å². The van der Waals surface area contributed by atoms with Crippen LogP contribution in [0, 0.1) is 11.2 Å². The Morgan fingerprint density at radius 3 is 2.58 bits per heavy atom. The van der Waals surface area contributed by atoms with Gasteiger partial charge >= 0.3 is 0 Å². The minimum atomic E-state index is -3.63. The molecule has 0 saturated carbocycles. The van der Waals surface area contributed by atoms with Gasteiger partial charge in [0.1, 0.15) is 5.82 Å². The van der Waals surface area contributed by atoms with E-state index in [9.17, 15) is 12.8 Å². The Morgan fingerprint density at radius 1 is 1.15 bits per heavy atom. The van der Waals surface area contributed by atoms with Crippen molar-refractivity contribution in [3.05, 3.63) is 81.8 Å². The molecular weight excluding hydrogens is 509 g/mol. The summed E-state index contributed by atoms with van der Waals surface area (Å²) in [5, 5.41) is 4.54. The third-order valence-electron chi connectivity index (χ3n) is 6.46. The monoisotopic (exact) mass is 531 g/mol. The topological polar surface area (TPSA) is 64.4 Å². The van der Waals surface area contributed by atoms with Gasteiger partial charge in [-0.3, -0.25) is 0 Å². The summed E-state index contributed by atoms with van der Waals surface area (Å²) in [5.74, 6) is -0.295. The molecule has 1 aliphatic carbocycles. The van der Waals surface area contributed by atoms with Crippen molar-refractivity contribution >= 4 is 32.0 Å². The number of piperidine rings is 1. The van der Waals surface area contributed by atoms with Crippen LogP contribution < -0.4 is 0 Å². The van der Waals surface area contributed by atoms with E-state index in [1.54, 1.807) is 47.8 Å². The lowest BCUT2D eigenvalue weighted by Crippen LogP contribution is -2.51. The fourth-order valence-electron chi connectivity index (χ4n) is 4.85. The van der Waals surface area contributed by atoms with E-state index in [1.165, 1.54) is 12.1 Å². The second-order valence-electron chi connectivity index (χ2n) is 8.55. The number of nitrogens with zero attached hydrogens (tertiary/aromatic N) is 3. The molecular formula is C24H23BrFN3O3S. The molecule has 33 heavy (non-hydrogen) atoms. The highest BCUT2D eigenvalue weighted by molar-refractivity contribution is 9.10. The number of halogens is 2. The molecule has 172 valence electrons. The molecule has 2 aromatic carbocycles. The lowest BCUT2D eigenvalue weighted by Gasteiger charge is -2.45. The fourth-order valence-corrected chi connectivity index (χ4v) is 6.64. The molecule has 3 aromatic rings. The largest absolute Gasteiger partial charge is 0.384 e. The van der Waals surface area contributed by atoms with Gasteiger partial charge in [-0.15, -0.1) is 0 Å². The molecule has 0 amide bonds. The first-order valence-electron chi connectivity index (χ1n) is 10.6. The average molecular weight is 532 g/mol. The number of ether oxygens (including phenoxy) is 1. The van der Waals surface area contributed by atoms with Gasteiger partial charge < -0.3 is 4.74 Å². The van der Waals surface area contributed by atoms with Crippen molar-refractivity contribution in [1.82, 2.24) is 14.1 Å². The number of rotatable bonds is 5. The number of methoxy groups -OCH3 is 1. The molecule has 5 rings (SSSR count). The van der Waals surface area contributed by atoms with E-state index < -0.39 is 15.4 Å². The van der Waals surface area contributed by atoms with Crippen LogP contribution in [0.5, 0.6) is 0 Å². The molecule has 1 saturated heterocycles. The van der Waals surface area contributed by atoms with Gasteiger partial charge in [0.15, 0.2) is 0 Å². The van der Waals surface area contributed by atoms with Crippen LogP contribution in [0.25, 0.3) is 11.8 Å². The third kappa shape index (κ3) is 3.97. The molecule has 0 bridgehead atoms. The maximum atomic E-state index is 13.4. The highest BCUT2D eigenvalue weighted by Gasteiger charge is 2.46. The second-order valence-corrected chi connectivity index (χ2v) is 11.4. The highest BCUT2D eigenvalue weighted by atomic mass is 79.9. The highest BCUT2D eigenvalue weighted by Crippen LogP contribution is 2.45. The van der Waals surface area contributed by atoms with E-state index in [4.69, 9.17) is 4.74 Å². The van der Waals surface area contributed by atoms with Crippen molar-refractivity contribution in [2.24, 2.45) is 5.41 Å². The van der Waals surface area contributed by atoms with E-state index >= 15 is 0 Å². The molecule has 1 aliphatic heterocycles. The molecule has 1 aromatic heterocycles. The van der Waals surface area contributed by atoms with E-state index in [2.05, 4.69) is 27.1 Å². The lowest BCUT2D eigenvalue weighted by molar-refractivity contribution is 0.0733. The van der Waals surface area contributed by atoms with Gasteiger partial charge in [-0.25, -0.2) is 17.5 Å². The Morgan fingerprint density at radius 2 is 1.88 bits per heavy atom. The van der Waals surface area contributed by atoms with Crippen molar-refractivity contribution < 1.29 is 17.5 Å². The van der Waals surface area contributed by atoms with Crippen molar-refractivity contribution in [2.75, 3.05) is 26.8 Å². The Hall–Kier alpha value is -2.33. The van der Waals surface area contributed by atoms with Crippen LogP contribution in [0.4, 0.5) is 4.39 Å². The van der Waals surface area contributed by atoms with Crippen molar-refractivity contribution in [1.29, 1.82) is 0 Å². The minimum absolute atomic E-state index is 0.284. The van der Waals surface area contributed by atoms with Crippen molar-refractivity contribution in [2.45, 2.75) is 17.7 Å². The Kier molecular flexibility index (Phi) is 5.76. The summed E-state index contributed by atoms with van der Waals surface area (Å²) < 4.78 is 50.0. The van der Waals surface area contributed by atoms with Crippen LogP contribution in [-0.4, -0.2) is 49.3 Å². The predicted molar refractivity (Wildman–Crippen MR) is 127 cm³/mol. The Balaban J connectivity index is 1.50. The molecule has 2 aliphatic rings. The van der Waals surface area contributed by atoms with E-state index in [1.807, 2.05) is 10.9 Å². The Bertz CT molecular complexity index is 1320. The van der Waals surface area contributed by atoms with Gasteiger partial charge in [-0.1, -0.05) is 21.5 Å². The summed E-state index contributed by atoms with van der Waals surface area (Å²) in [6, 6.07) is 13.0. The summed E-state index contributed by atoms with van der Waals surface area (Å²) >= 11 is 3.36. The van der Waals surface area contributed by atoms with Gasteiger partial charge in [0.25, 0.3) is 0 Å². The van der Waals surface area contributed by atoms with Crippen molar-refractivity contribution in [3.8, 4) is 5.69 Å². The quantitative estimate of drug-likeness (QED) is 0.488. The maximum Gasteiger partial charge on any atom is 0.243 e. The summed E-state index contributed by atoms with van der Waals surface area (Å²) in [4.78, 5) is 0.284. The first kappa shape index (κ1) is 22.5. The van der Waals surface area contributed by atoms with Crippen LogP contribution in [0.1, 0.15) is 17.7 Å². The zero-order chi connectivity index (χ0) is 23.2. The number of hydrogen-bond acceptors (Lipinski definition) is 4. The van der Waals surface area contributed by atoms with Gasteiger partial charge in [-0.05, 0) is 73.0 Å².